The van der Waals surface area contributed by atoms with Gasteiger partial charge in [-0.05, 0) is 43.0 Å². The van der Waals surface area contributed by atoms with Gasteiger partial charge in [-0.2, -0.15) is 0 Å². The van der Waals surface area contributed by atoms with Gasteiger partial charge in [0.2, 0.25) is 17.6 Å². The molecule has 3 fully saturated rings. The average Bonchev–Trinajstić information content (AvgIpc) is 3.42. The number of anilines is 2. The molecule has 18 heteroatoms. The maximum Gasteiger partial charge on any atom is 0.271 e. The quantitative estimate of drug-likeness (QED) is 0.0474. The Kier molecular flexibility index (Phi) is 7.59. The van der Waals surface area contributed by atoms with Gasteiger partial charge < -0.3 is 5.11 Å². The van der Waals surface area contributed by atoms with Gasteiger partial charge in [0.15, 0.2) is 33.0 Å². The number of phenols is 1. The molecule has 258 valence electrons. The average molecular weight is 757 g/mol. The second kappa shape index (κ2) is 11.2. The summed E-state index contributed by atoms with van der Waals surface area (Å²) in [5.41, 5.74) is -2.68. The van der Waals surface area contributed by atoms with Crippen LogP contribution in [-0.4, -0.2) is 43.4 Å². The molecule has 0 bridgehead atoms. The van der Waals surface area contributed by atoms with E-state index in [1.165, 1.54) is 24.3 Å². The number of fused-ring (bicyclic) bond motifs is 4. The van der Waals surface area contributed by atoms with Crippen LogP contribution in [0.5, 0.6) is 5.75 Å². The van der Waals surface area contributed by atoms with Crippen LogP contribution in [0, 0.1) is 57.0 Å². The second-order valence-electron chi connectivity index (χ2n) is 12.2. The molecule has 2 heterocycles. The van der Waals surface area contributed by atoms with Crippen molar-refractivity contribution in [2.75, 3.05) is 9.80 Å². The van der Waals surface area contributed by atoms with Crippen LogP contribution in [0.2, 0.25) is 5.02 Å². The summed E-state index contributed by atoms with van der Waals surface area (Å²) in [6.45, 7) is 0. The third-order valence-electron chi connectivity index (χ3n) is 9.82. The SMILES string of the molecule is O=C1[C@H]2[C@H](CC=C3[C@H]2C[C@@]2(Cl)C(=O)N(c4c(F)c(F)c(F)c(F)c4F)C(=O)[C@@]2(Cl)[C@H]3c2cc(Cl)ccc2O)C(=O)N1c1cccc([N+](=O)[O-])c1. The second-order valence-corrected chi connectivity index (χ2v) is 13.9. The largest absolute Gasteiger partial charge is 0.508 e. The fourth-order valence-electron chi connectivity index (χ4n) is 7.67. The lowest BCUT2D eigenvalue weighted by atomic mass is 9.56. The lowest BCUT2D eigenvalue weighted by Gasteiger charge is -2.50. The van der Waals surface area contributed by atoms with E-state index in [2.05, 4.69) is 0 Å². The monoisotopic (exact) mass is 755 g/mol. The van der Waals surface area contributed by atoms with Crippen LogP contribution in [-0.2, 0) is 19.2 Å². The molecule has 0 spiro atoms. The number of amides is 4. The van der Waals surface area contributed by atoms with Crippen molar-refractivity contribution in [1.82, 2.24) is 0 Å². The number of non-ortho nitro benzene ring substituents is 1. The predicted octanol–water partition coefficient (Wildman–Crippen LogP) is 6.42. The van der Waals surface area contributed by atoms with E-state index in [0.717, 1.165) is 29.2 Å². The first-order valence-electron chi connectivity index (χ1n) is 14.6. The van der Waals surface area contributed by atoms with Gasteiger partial charge in [-0.25, -0.2) is 31.8 Å². The summed E-state index contributed by atoms with van der Waals surface area (Å²) in [7, 11) is 0. The molecule has 4 aliphatic rings. The topological polar surface area (TPSA) is 138 Å². The number of carbonyl (C=O) groups is 4. The summed E-state index contributed by atoms with van der Waals surface area (Å²) in [4.78, 5) is 61.8. The first kappa shape index (κ1) is 33.9. The number of nitro benzene ring substituents is 1. The number of alkyl halides is 2. The molecule has 0 unspecified atom stereocenters. The minimum absolute atomic E-state index is 0.0352. The Balaban J connectivity index is 1.43. The number of aromatic hydroxyl groups is 1. The van der Waals surface area contributed by atoms with E-state index in [9.17, 15) is 47.6 Å². The third kappa shape index (κ3) is 4.26. The molecule has 2 aliphatic heterocycles. The molecule has 4 amide bonds. The van der Waals surface area contributed by atoms with Gasteiger partial charge in [0, 0.05) is 28.6 Å². The number of halogens is 8. The van der Waals surface area contributed by atoms with Crippen LogP contribution in [0.4, 0.5) is 39.0 Å². The zero-order valence-electron chi connectivity index (χ0n) is 24.6. The number of carbonyl (C=O) groups excluding carboxylic acids is 4. The highest BCUT2D eigenvalue weighted by Gasteiger charge is 2.77. The lowest BCUT2D eigenvalue weighted by Crippen LogP contribution is -2.60. The molecular formula is C32H17Cl3F5N3O7. The summed E-state index contributed by atoms with van der Waals surface area (Å²) in [6.07, 6.45) is 0.468. The Bertz CT molecular complexity index is 2140. The maximum absolute atomic E-state index is 15.2. The Morgan fingerprint density at radius 3 is 2.12 bits per heavy atom. The Hall–Kier alpha value is -4.60. The molecule has 50 heavy (non-hydrogen) atoms. The molecular weight excluding hydrogens is 740 g/mol. The number of imide groups is 2. The van der Waals surface area contributed by atoms with Crippen molar-refractivity contribution in [3.8, 4) is 5.75 Å². The van der Waals surface area contributed by atoms with Gasteiger partial charge in [-0.3, -0.25) is 29.3 Å². The molecule has 1 saturated carbocycles. The van der Waals surface area contributed by atoms with Gasteiger partial charge in [0.1, 0.15) is 11.4 Å². The van der Waals surface area contributed by atoms with Crippen LogP contribution < -0.4 is 9.80 Å². The van der Waals surface area contributed by atoms with Crippen molar-refractivity contribution in [2.24, 2.45) is 17.8 Å². The highest BCUT2D eigenvalue weighted by atomic mass is 35.5. The van der Waals surface area contributed by atoms with E-state index in [-0.39, 0.29) is 33.2 Å². The van der Waals surface area contributed by atoms with E-state index in [4.69, 9.17) is 34.8 Å². The maximum atomic E-state index is 15.2. The number of benzene rings is 3. The first-order valence-corrected chi connectivity index (χ1v) is 15.7. The smallest absolute Gasteiger partial charge is 0.271 e. The van der Waals surface area contributed by atoms with E-state index in [1.54, 1.807) is 0 Å². The zero-order chi connectivity index (χ0) is 36.4. The number of nitrogens with zero attached hydrogens (tertiary/aromatic N) is 3. The molecule has 2 aliphatic carbocycles. The normalized spacial score (nSPS) is 28.8. The van der Waals surface area contributed by atoms with E-state index >= 15 is 8.78 Å². The molecule has 3 aromatic rings. The Morgan fingerprint density at radius 1 is 0.840 bits per heavy atom. The van der Waals surface area contributed by atoms with E-state index in [0.29, 0.717) is 0 Å². The molecule has 0 radical (unpaired) electrons. The van der Waals surface area contributed by atoms with Crippen molar-refractivity contribution in [3.05, 3.63) is 104 Å². The molecule has 7 rings (SSSR count). The van der Waals surface area contributed by atoms with Crippen LogP contribution in [0.3, 0.4) is 0 Å². The minimum atomic E-state index is -2.85. The fourth-order valence-corrected chi connectivity index (χ4v) is 8.78. The number of hydrogen-bond donors (Lipinski definition) is 1. The standard InChI is InChI=1S/C32H17Cl3F5N3O7/c33-11-4-7-18(44)16(8-11)20-14-5-6-15-19(28(46)41(27(15)45)12-2-1-3-13(9-12)43(49)50)17(14)10-31(34)29(47)42(30(48)32(20,31)35)26-24(39)22(37)21(36)23(38)25(26)40/h1-5,7-9,15,17,19-20,44H,6,10H2/t15-,17+,19-,20+,31+,32-/m0/s1. The number of rotatable bonds is 4. The summed E-state index contributed by atoms with van der Waals surface area (Å²) in [6, 6.07) is 8.18. The van der Waals surface area contributed by atoms with Crippen molar-refractivity contribution in [2.45, 2.75) is 28.5 Å². The van der Waals surface area contributed by atoms with Gasteiger partial charge in [-0.15, -0.1) is 23.2 Å². The van der Waals surface area contributed by atoms with Crippen LogP contribution in [0.25, 0.3) is 0 Å². The number of allylic oxidation sites excluding steroid dienone is 2. The summed E-state index contributed by atoms with van der Waals surface area (Å²) < 4.78 is 73.1. The van der Waals surface area contributed by atoms with Crippen molar-refractivity contribution < 1.29 is 51.2 Å². The van der Waals surface area contributed by atoms with Gasteiger partial charge in [0.05, 0.1) is 22.4 Å². The Labute approximate surface area is 291 Å². The lowest BCUT2D eigenvalue weighted by molar-refractivity contribution is -0.384. The summed E-state index contributed by atoms with van der Waals surface area (Å²) in [5, 5.41) is 22.4. The number of phenolic OH excluding ortho intramolecular Hbond substituents is 1. The molecule has 3 aromatic carbocycles. The molecule has 6 atom stereocenters. The zero-order valence-corrected chi connectivity index (χ0v) is 26.9. The fraction of sp³-hybridized carbons (Fsp3) is 0.250. The highest BCUT2D eigenvalue weighted by Crippen LogP contribution is 2.67. The van der Waals surface area contributed by atoms with Gasteiger partial charge in [0.25, 0.3) is 17.5 Å². The predicted molar refractivity (Wildman–Crippen MR) is 165 cm³/mol. The van der Waals surface area contributed by atoms with E-state index in [1.807, 2.05) is 0 Å². The molecule has 2 saturated heterocycles. The van der Waals surface area contributed by atoms with Crippen molar-refractivity contribution in [1.29, 1.82) is 0 Å². The van der Waals surface area contributed by atoms with Crippen molar-refractivity contribution >= 4 is 75.5 Å². The highest BCUT2D eigenvalue weighted by molar-refractivity contribution is 6.58. The minimum Gasteiger partial charge on any atom is -0.508 e. The van der Waals surface area contributed by atoms with Crippen LogP contribution in [0.1, 0.15) is 24.3 Å². The summed E-state index contributed by atoms with van der Waals surface area (Å²) in [5.74, 6) is -23.7. The molecule has 1 N–H and O–H groups in total. The van der Waals surface area contributed by atoms with Crippen molar-refractivity contribution in [3.63, 3.8) is 0 Å². The van der Waals surface area contributed by atoms with E-state index < -0.39 is 115 Å². The number of nitro groups is 1. The first-order chi connectivity index (χ1) is 23.5. The van der Waals surface area contributed by atoms with Gasteiger partial charge >= 0.3 is 0 Å². The number of hydrogen-bond acceptors (Lipinski definition) is 7. The molecule has 10 nitrogen and oxygen atoms in total. The van der Waals surface area contributed by atoms with Crippen LogP contribution in [0.15, 0.2) is 54.1 Å². The summed E-state index contributed by atoms with van der Waals surface area (Å²) >= 11 is 20.3. The van der Waals surface area contributed by atoms with Crippen LogP contribution >= 0.6 is 34.8 Å². The Morgan fingerprint density at radius 2 is 1.48 bits per heavy atom. The van der Waals surface area contributed by atoms with Gasteiger partial charge in [-0.1, -0.05) is 29.3 Å². The third-order valence-corrected chi connectivity index (χ3v) is 11.5. The molecule has 0 aromatic heterocycles.